The second kappa shape index (κ2) is 28.1. The molecule has 1 N–H and O–H groups in total. The molecule has 8 aromatic rings. The molecule has 0 fully saturated rings. The van der Waals surface area contributed by atoms with Crippen LogP contribution in [0.3, 0.4) is 0 Å². The number of benzene rings is 6. The zero-order valence-electron chi connectivity index (χ0n) is 50.0. The molecular weight excluding hydrogens is 1140 g/mol. The zero-order chi connectivity index (χ0) is 62.7. The Morgan fingerprint density at radius 3 is 1.33 bits per heavy atom. The second-order valence-corrected chi connectivity index (χ2v) is 25.5. The van der Waals surface area contributed by atoms with Gasteiger partial charge in [-0.3, -0.25) is 9.59 Å². The van der Waals surface area contributed by atoms with Gasteiger partial charge in [0.1, 0.15) is 39.2 Å². The molecule has 6 aromatic carbocycles. The number of ether oxygens (including phenoxy) is 5. The average molecular weight is 1220 g/mol. The van der Waals surface area contributed by atoms with Crippen LogP contribution in [0.1, 0.15) is 104 Å². The first-order valence-electron chi connectivity index (χ1n) is 27.6. The third-order valence-corrected chi connectivity index (χ3v) is 17.5. The third-order valence-electron chi connectivity index (χ3n) is 13.9. The summed E-state index contributed by atoms with van der Waals surface area (Å²) in [5.74, 6) is -2.90. The van der Waals surface area contributed by atoms with E-state index in [1.807, 2.05) is 56.3 Å². The summed E-state index contributed by atoms with van der Waals surface area (Å²) in [5, 5.41) is 25.8. The Kier molecular flexibility index (Phi) is 21.2. The van der Waals surface area contributed by atoms with Gasteiger partial charge in [-0.2, -0.15) is 8.61 Å². The molecule has 2 aromatic heterocycles. The van der Waals surface area contributed by atoms with E-state index in [-0.39, 0.29) is 61.3 Å². The summed E-state index contributed by atoms with van der Waals surface area (Å²) in [6.45, 7) is 12.4. The fourth-order valence-electron chi connectivity index (χ4n) is 9.60. The number of esters is 3. The van der Waals surface area contributed by atoms with Crippen molar-refractivity contribution in [3.05, 3.63) is 166 Å². The molecule has 0 spiro atoms. The van der Waals surface area contributed by atoms with Gasteiger partial charge in [0.05, 0.1) is 35.8 Å². The molecule has 86 heavy (non-hydrogen) atoms. The molecule has 0 saturated heterocycles. The Hall–Kier alpha value is -8.58. The van der Waals surface area contributed by atoms with E-state index < -0.39 is 68.0 Å². The summed E-state index contributed by atoms with van der Waals surface area (Å²) in [6, 6.07) is 34.9. The summed E-state index contributed by atoms with van der Waals surface area (Å²) in [4.78, 5) is 49.7. The number of carbonyl (C=O) groups excluding carboxylic acids is 3. The summed E-state index contributed by atoms with van der Waals surface area (Å²) in [6.07, 6.45) is -0.00952. The van der Waals surface area contributed by atoms with Crippen LogP contribution in [0.5, 0.6) is 11.5 Å². The Morgan fingerprint density at radius 1 is 0.558 bits per heavy atom. The number of fused-ring (bicyclic) bond motifs is 2. The van der Waals surface area contributed by atoms with Gasteiger partial charge in [-0.25, -0.2) is 35.8 Å². The van der Waals surface area contributed by atoms with Crippen LogP contribution in [0.2, 0.25) is 0 Å². The van der Waals surface area contributed by atoms with Crippen molar-refractivity contribution < 1.29 is 64.8 Å². The molecule has 8 rings (SSSR count). The van der Waals surface area contributed by atoms with Crippen LogP contribution >= 0.6 is 0 Å². The maximum absolute atomic E-state index is 13.3. The smallest absolute Gasteiger partial charge is 0.344 e. The number of hydrogen-bond acceptors (Lipinski definition) is 17. The van der Waals surface area contributed by atoms with E-state index in [2.05, 4.69) is 20.6 Å². The molecule has 456 valence electrons. The van der Waals surface area contributed by atoms with E-state index >= 15 is 0 Å². The summed E-state index contributed by atoms with van der Waals surface area (Å²) < 4.78 is 86.0. The number of carbonyl (C=O) groups is 4. The van der Waals surface area contributed by atoms with E-state index in [0.717, 1.165) is 33.4 Å². The second-order valence-electron chi connectivity index (χ2n) is 21.4. The van der Waals surface area contributed by atoms with Crippen LogP contribution in [-0.2, 0) is 80.6 Å². The number of carboxylic acid groups (broad SMARTS) is 1. The van der Waals surface area contributed by atoms with E-state index in [1.165, 1.54) is 20.3 Å². The molecule has 0 radical (unpaired) electrons. The topological polar surface area (TPSA) is 271 Å². The number of aromatic nitrogens is 6. The van der Waals surface area contributed by atoms with Crippen LogP contribution in [0, 0.1) is 13.8 Å². The highest BCUT2D eigenvalue weighted by Gasteiger charge is 2.29. The Bertz CT molecular complexity index is 3960. The van der Waals surface area contributed by atoms with Crippen molar-refractivity contribution in [2.75, 3.05) is 40.5 Å². The minimum absolute atomic E-state index is 0.00572. The highest BCUT2D eigenvalue weighted by Crippen LogP contribution is 2.38. The highest BCUT2D eigenvalue weighted by molar-refractivity contribution is 7.89. The molecule has 2 atom stereocenters. The summed E-state index contributed by atoms with van der Waals surface area (Å²) in [7, 11) is -1.000. The van der Waals surface area contributed by atoms with Gasteiger partial charge in [0.15, 0.2) is 13.2 Å². The minimum atomic E-state index is -3.73. The van der Waals surface area contributed by atoms with Crippen molar-refractivity contribution >= 4 is 66.0 Å². The molecule has 2 unspecified atom stereocenters. The van der Waals surface area contributed by atoms with Crippen LogP contribution < -0.4 is 9.47 Å². The Balaban J connectivity index is 0.000000247. The standard InChI is InChI=1S/C33H40N4O7S.C29H32N4O7S/c1-8-42-30(38)19-27(23-15-14-22(2)25(16-23)20-36(6)45(40,41)26-12-10-9-11-13-26)24-17-28-32(37(7)35-34-28)29(18-24)43-21-31(39)44-33(3,4)5;1-5-39-28(36)16-24(21-14-25-29(33(4)31-30-25)26(15-21)40-18-27(34)35)20-12-11-19(2)22(13-20)17-32(3)41(37,38)23-9-7-6-8-10-23/h9-18,27H,8,19-21H2,1-7H3;6-15,24H,5,16-18H2,1-4H3,(H,34,35). The molecule has 0 aliphatic carbocycles. The number of nitrogens with zero attached hydrogens (tertiary/aromatic N) is 8. The molecule has 0 aliphatic heterocycles. The monoisotopic (exact) mass is 1220 g/mol. The quantitative estimate of drug-likeness (QED) is 0.0438. The molecule has 0 aliphatic rings. The SMILES string of the molecule is CCOC(=O)CC(c1ccc(C)c(CN(C)S(=O)(=O)c2ccccc2)c1)c1cc(OCC(=O)O)c2c(c1)nnn2C.CCOC(=O)CC(c1ccc(C)c(CN(C)S(=O)(=O)c2ccccc2)c1)c1cc(OCC(=O)OC(C)(C)C)c2c(c1)nnn2C. The van der Waals surface area contributed by atoms with Crippen molar-refractivity contribution in [3.63, 3.8) is 0 Å². The minimum Gasteiger partial charge on any atom is -0.480 e. The lowest BCUT2D eigenvalue weighted by Crippen LogP contribution is -2.27. The Labute approximate surface area is 500 Å². The van der Waals surface area contributed by atoms with E-state index in [4.69, 9.17) is 23.7 Å². The van der Waals surface area contributed by atoms with Crippen molar-refractivity contribution in [1.82, 2.24) is 38.6 Å². The van der Waals surface area contributed by atoms with Crippen molar-refractivity contribution in [2.45, 2.75) is 102 Å². The Morgan fingerprint density at radius 2 is 0.953 bits per heavy atom. The van der Waals surface area contributed by atoms with Gasteiger partial charge in [-0.05, 0) is 142 Å². The molecule has 0 amide bonds. The molecule has 22 nitrogen and oxygen atoms in total. The highest BCUT2D eigenvalue weighted by atomic mass is 32.2. The van der Waals surface area contributed by atoms with Crippen LogP contribution in [0.25, 0.3) is 22.1 Å². The summed E-state index contributed by atoms with van der Waals surface area (Å²) >= 11 is 0. The number of carboxylic acids is 1. The van der Waals surface area contributed by atoms with Crippen LogP contribution in [0.4, 0.5) is 0 Å². The van der Waals surface area contributed by atoms with Crippen molar-refractivity contribution in [1.29, 1.82) is 0 Å². The number of hydrogen-bond donors (Lipinski definition) is 1. The number of aryl methyl sites for hydroxylation is 4. The fraction of sp³-hybridized carbons (Fsp3) is 0.355. The first kappa shape index (κ1) is 65.0. The molecule has 0 bridgehead atoms. The average Bonchev–Trinajstić information content (AvgIpc) is 1.83. The lowest BCUT2D eigenvalue weighted by Gasteiger charge is -2.22. The number of sulfonamides is 2. The van der Waals surface area contributed by atoms with Crippen molar-refractivity contribution in [2.24, 2.45) is 14.1 Å². The van der Waals surface area contributed by atoms with Gasteiger partial charge in [-0.1, -0.05) is 83.2 Å². The number of rotatable bonds is 24. The van der Waals surface area contributed by atoms with Gasteiger partial charge in [0.25, 0.3) is 0 Å². The normalized spacial score (nSPS) is 12.6. The summed E-state index contributed by atoms with van der Waals surface area (Å²) in [5.41, 5.74) is 7.60. The van der Waals surface area contributed by atoms with E-state index in [9.17, 15) is 41.1 Å². The molecule has 0 saturated carbocycles. The van der Waals surface area contributed by atoms with Crippen LogP contribution in [0.15, 0.2) is 131 Å². The first-order valence-corrected chi connectivity index (χ1v) is 30.5. The van der Waals surface area contributed by atoms with Crippen LogP contribution in [-0.4, -0.2) is 131 Å². The largest absolute Gasteiger partial charge is 0.480 e. The van der Waals surface area contributed by atoms with Crippen molar-refractivity contribution in [3.8, 4) is 11.5 Å². The van der Waals surface area contributed by atoms with Gasteiger partial charge in [-0.15, -0.1) is 10.2 Å². The molecule has 24 heteroatoms. The number of aliphatic carboxylic acids is 1. The maximum Gasteiger partial charge on any atom is 0.344 e. The van der Waals surface area contributed by atoms with Gasteiger partial charge in [0.2, 0.25) is 20.0 Å². The molecular formula is C62H72N8O14S2. The van der Waals surface area contributed by atoms with E-state index in [0.29, 0.717) is 38.9 Å². The van der Waals surface area contributed by atoms with Gasteiger partial charge in [0, 0.05) is 53.1 Å². The van der Waals surface area contributed by atoms with Gasteiger partial charge < -0.3 is 28.8 Å². The fourth-order valence-corrected chi connectivity index (χ4v) is 11.9. The van der Waals surface area contributed by atoms with Gasteiger partial charge >= 0.3 is 23.9 Å². The lowest BCUT2D eigenvalue weighted by atomic mass is 9.86. The predicted octanol–water partition coefficient (Wildman–Crippen LogP) is 8.55. The zero-order valence-corrected chi connectivity index (χ0v) is 51.6. The first-order chi connectivity index (χ1) is 40.7. The third kappa shape index (κ3) is 16.2. The van der Waals surface area contributed by atoms with E-state index in [1.54, 1.807) is 139 Å². The molecule has 2 heterocycles. The maximum atomic E-state index is 13.3. The predicted molar refractivity (Wildman–Crippen MR) is 320 cm³/mol. The lowest BCUT2D eigenvalue weighted by molar-refractivity contribution is -0.157.